The standard InChI is InChI=1S/C13H17N3O3S/c1-16-8-9(13(15-16)19-2)12(18)14-6-5-10(17)11-4-3-7-20-11/h3-4,7-8,10,17H,5-6H2,1-2H3,(H,14,18)/t10-/m1/s1. The second-order valence-corrected chi connectivity index (χ2v) is 5.28. The van der Waals surface area contributed by atoms with E-state index in [1.165, 1.54) is 23.1 Å². The fourth-order valence-corrected chi connectivity index (χ4v) is 2.56. The van der Waals surface area contributed by atoms with Gasteiger partial charge in [0.25, 0.3) is 5.91 Å². The van der Waals surface area contributed by atoms with Gasteiger partial charge in [-0.1, -0.05) is 6.07 Å². The van der Waals surface area contributed by atoms with Crippen LogP contribution in [0.4, 0.5) is 0 Å². The lowest BCUT2D eigenvalue weighted by molar-refractivity contribution is 0.0940. The van der Waals surface area contributed by atoms with E-state index in [0.29, 0.717) is 24.4 Å². The summed E-state index contributed by atoms with van der Waals surface area (Å²) in [5, 5.41) is 18.6. The Hall–Kier alpha value is -1.86. The van der Waals surface area contributed by atoms with Crippen molar-refractivity contribution in [3.63, 3.8) is 0 Å². The Labute approximate surface area is 121 Å². The van der Waals surface area contributed by atoms with Crippen LogP contribution in [0.2, 0.25) is 0 Å². The molecule has 0 fully saturated rings. The highest BCUT2D eigenvalue weighted by Crippen LogP contribution is 2.21. The van der Waals surface area contributed by atoms with Crippen molar-refractivity contribution in [3.8, 4) is 5.88 Å². The number of hydrogen-bond acceptors (Lipinski definition) is 5. The van der Waals surface area contributed by atoms with Crippen LogP contribution in [0.1, 0.15) is 27.8 Å². The number of carbonyl (C=O) groups is 1. The first-order valence-electron chi connectivity index (χ1n) is 6.19. The van der Waals surface area contributed by atoms with Crippen molar-refractivity contribution in [2.24, 2.45) is 7.05 Å². The van der Waals surface area contributed by atoms with Crippen molar-refractivity contribution in [2.75, 3.05) is 13.7 Å². The zero-order valence-corrected chi connectivity index (χ0v) is 12.2. The lowest BCUT2D eigenvalue weighted by atomic mass is 10.2. The molecule has 7 heteroatoms. The van der Waals surface area contributed by atoms with Gasteiger partial charge in [-0.2, -0.15) is 0 Å². The van der Waals surface area contributed by atoms with Crippen LogP contribution in [0.15, 0.2) is 23.7 Å². The van der Waals surface area contributed by atoms with Gasteiger partial charge in [0, 0.05) is 24.7 Å². The summed E-state index contributed by atoms with van der Waals surface area (Å²) in [5.74, 6) is 0.0390. The molecule has 0 aliphatic heterocycles. The Morgan fingerprint density at radius 2 is 2.45 bits per heavy atom. The molecule has 0 bridgehead atoms. The molecule has 1 atom stereocenters. The van der Waals surface area contributed by atoms with E-state index in [2.05, 4.69) is 10.4 Å². The molecule has 20 heavy (non-hydrogen) atoms. The first kappa shape index (κ1) is 14.5. The van der Waals surface area contributed by atoms with Gasteiger partial charge < -0.3 is 15.2 Å². The smallest absolute Gasteiger partial charge is 0.258 e. The number of methoxy groups -OCH3 is 1. The predicted octanol–water partition coefficient (Wildman–Crippen LogP) is 1.34. The Morgan fingerprint density at radius 3 is 3.10 bits per heavy atom. The van der Waals surface area contributed by atoms with Gasteiger partial charge in [0.05, 0.1) is 13.2 Å². The third-order valence-corrected chi connectivity index (χ3v) is 3.78. The molecule has 0 aliphatic carbocycles. The van der Waals surface area contributed by atoms with E-state index < -0.39 is 6.10 Å². The van der Waals surface area contributed by atoms with Crippen molar-refractivity contribution >= 4 is 17.2 Å². The summed E-state index contributed by atoms with van der Waals surface area (Å²) in [7, 11) is 3.19. The molecular formula is C13H17N3O3S. The average molecular weight is 295 g/mol. The van der Waals surface area contributed by atoms with Crippen LogP contribution in [0, 0.1) is 0 Å². The number of aliphatic hydroxyl groups is 1. The van der Waals surface area contributed by atoms with Crippen LogP contribution in [-0.4, -0.2) is 34.4 Å². The van der Waals surface area contributed by atoms with E-state index >= 15 is 0 Å². The molecule has 2 N–H and O–H groups in total. The quantitative estimate of drug-likeness (QED) is 0.843. The molecule has 2 rings (SSSR count). The third kappa shape index (κ3) is 3.37. The van der Waals surface area contributed by atoms with Gasteiger partial charge >= 0.3 is 0 Å². The summed E-state index contributed by atoms with van der Waals surface area (Å²) in [6, 6.07) is 3.77. The Kier molecular flexibility index (Phi) is 4.75. The van der Waals surface area contributed by atoms with Gasteiger partial charge in [0.15, 0.2) is 0 Å². The highest BCUT2D eigenvalue weighted by Gasteiger charge is 2.16. The fraction of sp³-hybridized carbons (Fsp3) is 0.385. The number of thiophene rings is 1. The van der Waals surface area contributed by atoms with Gasteiger partial charge in [-0.15, -0.1) is 16.4 Å². The number of rotatable bonds is 6. The molecule has 0 spiro atoms. The minimum atomic E-state index is -0.550. The molecule has 6 nitrogen and oxygen atoms in total. The molecule has 0 saturated carbocycles. The summed E-state index contributed by atoms with van der Waals surface area (Å²) in [6.45, 7) is 0.385. The number of carbonyl (C=O) groups excluding carboxylic acids is 1. The van der Waals surface area contributed by atoms with Crippen LogP contribution in [-0.2, 0) is 7.05 Å². The number of nitrogens with zero attached hydrogens (tertiary/aromatic N) is 2. The summed E-state index contributed by atoms with van der Waals surface area (Å²) in [4.78, 5) is 12.9. The molecule has 0 radical (unpaired) electrons. The average Bonchev–Trinajstić information content (AvgIpc) is 3.07. The Balaban J connectivity index is 1.86. The normalized spacial score (nSPS) is 12.2. The molecular weight excluding hydrogens is 278 g/mol. The second kappa shape index (κ2) is 6.53. The summed E-state index contributed by atoms with van der Waals surface area (Å²) >= 11 is 1.50. The molecule has 2 heterocycles. The van der Waals surface area contributed by atoms with Crippen LogP contribution in [0.25, 0.3) is 0 Å². The zero-order valence-electron chi connectivity index (χ0n) is 11.4. The molecule has 0 aromatic carbocycles. The Morgan fingerprint density at radius 1 is 1.65 bits per heavy atom. The van der Waals surface area contributed by atoms with Crippen molar-refractivity contribution in [1.82, 2.24) is 15.1 Å². The maximum Gasteiger partial charge on any atom is 0.258 e. The maximum absolute atomic E-state index is 12.0. The summed E-state index contributed by atoms with van der Waals surface area (Å²) in [6.07, 6.45) is 1.52. The van der Waals surface area contributed by atoms with Crippen molar-refractivity contribution in [3.05, 3.63) is 34.2 Å². The van der Waals surface area contributed by atoms with Crippen LogP contribution < -0.4 is 10.1 Å². The SMILES string of the molecule is COc1nn(C)cc1C(=O)NCC[C@@H](O)c1cccs1. The highest BCUT2D eigenvalue weighted by atomic mass is 32.1. The lowest BCUT2D eigenvalue weighted by Gasteiger charge is -2.09. The van der Waals surface area contributed by atoms with Crippen molar-refractivity contribution in [1.29, 1.82) is 0 Å². The number of aryl methyl sites for hydroxylation is 1. The highest BCUT2D eigenvalue weighted by molar-refractivity contribution is 7.10. The lowest BCUT2D eigenvalue weighted by Crippen LogP contribution is -2.25. The number of amides is 1. The van der Waals surface area contributed by atoms with Crippen LogP contribution in [0.3, 0.4) is 0 Å². The van der Waals surface area contributed by atoms with E-state index in [1.54, 1.807) is 13.2 Å². The Bertz CT molecular complexity index is 565. The molecule has 108 valence electrons. The largest absolute Gasteiger partial charge is 0.479 e. The van der Waals surface area contributed by atoms with E-state index in [1.807, 2.05) is 17.5 Å². The van der Waals surface area contributed by atoms with Crippen LogP contribution in [0.5, 0.6) is 5.88 Å². The van der Waals surface area contributed by atoms with Gasteiger partial charge in [-0.05, 0) is 17.9 Å². The predicted molar refractivity (Wildman–Crippen MR) is 76.0 cm³/mol. The van der Waals surface area contributed by atoms with Gasteiger partial charge in [-0.25, -0.2) is 0 Å². The molecule has 2 aromatic heterocycles. The minimum Gasteiger partial charge on any atom is -0.479 e. The summed E-state index contributed by atoms with van der Waals surface area (Å²) < 4.78 is 6.56. The second-order valence-electron chi connectivity index (χ2n) is 4.30. The molecule has 1 amide bonds. The third-order valence-electron chi connectivity index (χ3n) is 2.81. The van der Waals surface area contributed by atoms with E-state index in [-0.39, 0.29) is 5.91 Å². The minimum absolute atomic E-state index is 0.256. The number of nitrogens with one attached hydrogen (secondary N) is 1. The molecule has 0 aliphatic rings. The molecule has 0 saturated heterocycles. The van der Waals surface area contributed by atoms with Crippen molar-refractivity contribution < 1.29 is 14.6 Å². The van der Waals surface area contributed by atoms with Gasteiger partial charge in [0.1, 0.15) is 5.56 Å². The number of aliphatic hydroxyl groups excluding tert-OH is 1. The van der Waals surface area contributed by atoms with Gasteiger partial charge in [-0.3, -0.25) is 9.48 Å². The van der Waals surface area contributed by atoms with E-state index in [9.17, 15) is 9.90 Å². The monoisotopic (exact) mass is 295 g/mol. The molecule has 2 aromatic rings. The maximum atomic E-state index is 12.0. The van der Waals surface area contributed by atoms with Crippen molar-refractivity contribution in [2.45, 2.75) is 12.5 Å². The number of ether oxygens (including phenoxy) is 1. The zero-order chi connectivity index (χ0) is 14.5. The van der Waals surface area contributed by atoms with E-state index in [0.717, 1.165) is 4.88 Å². The topological polar surface area (TPSA) is 76.4 Å². The number of aromatic nitrogens is 2. The number of hydrogen-bond donors (Lipinski definition) is 2. The first-order chi connectivity index (χ1) is 9.61. The first-order valence-corrected chi connectivity index (χ1v) is 7.07. The summed E-state index contributed by atoms with van der Waals surface area (Å²) in [5.41, 5.74) is 0.389. The van der Waals surface area contributed by atoms with E-state index in [4.69, 9.17) is 4.74 Å². The fourth-order valence-electron chi connectivity index (χ4n) is 1.82. The van der Waals surface area contributed by atoms with Gasteiger partial charge in [0.2, 0.25) is 5.88 Å². The molecule has 0 unspecified atom stereocenters. The van der Waals surface area contributed by atoms with Crippen LogP contribution >= 0.6 is 11.3 Å².